The van der Waals surface area contributed by atoms with Crippen LogP contribution in [0.5, 0.6) is 5.75 Å². The van der Waals surface area contributed by atoms with Crippen molar-refractivity contribution >= 4 is 29.3 Å². The third-order valence-corrected chi connectivity index (χ3v) is 5.87. The number of carbonyl (C=O) groups is 1. The summed E-state index contributed by atoms with van der Waals surface area (Å²) in [7, 11) is 1.81. The Morgan fingerprint density at radius 1 is 1.14 bits per heavy atom. The molecule has 0 bridgehead atoms. The van der Waals surface area contributed by atoms with E-state index in [2.05, 4.69) is 0 Å². The predicted molar refractivity (Wildman–Crippen MR) is 122 cm³/mol. The first-order chi connectivity index (χ1) is 16.1. The van der Waals surface area contributed by atoms with Crippen LogP contribution in [0.1, 0.15) is 26.3 Å². The molecule has 1 heterocycles. The highest BCUT2D eigenvalue weighted by Gasteiger charge is 2.38. The van der Waals surface area contributed by atoms with Gasteiger partial charge in [-0.3, -0.25) is 4.79 Å². The molecule has 0 amide bonds. The van der Waals surface area contributed by atoms with E-state index in [1.165, 1.54) is 56.1 Å². The quantitative estimate of drug-likeness (QED) is 0.347. The van der Waals surface area contributed by atoms with Gasteiger partial charge in [-0.25, -0.2) is 17.5 Å². The van der Waals surface area contributed by atoms with Crippen LogP contribution in [0.25, 0.3) is 0 Å². The van der Waals surface area contributed by atoms with E-state index < -0.39 is 47.7 Å². The van der Waals surface area contributed by atoms with Crippen LogP contribution in [0.15, 0.2) is 41.3 Å². The second-order valence-electron chi connectivity index (χ2n) is 8.38. The van der Waals surface area contributed by atoms with Crippen molar-refractivity contribution in [3.05, 3.63) is 47.8 Å². The van der Waals surface area contributed by atoms with Crippen LogP contribution in [0.2, 0.25) is 0 Å². The molecule has 1 aliphatic rings. The number of fused-ring (bicyclic) bond motifs is 1. The maximum absolute atomic E-state index is 13.9. The Balaban J connectivity index is 0.00000100. The molecule has 1 aliphatic heterocycles. The average Bonchev–Trinajstić information content (AvgIpc) is 2.89. The van der Waals surface area contributed by atoms with E-state index in [0.717, 1.165) is 13.0 Å². The molecule has 0 atom stereocenters. The number of aliphatic carboxylic acids is 1. The fourth-order valence-electron chi connectivity index (χ4n) is 2.96. The fourth-order valence-corrected chi connectivity index (χ4v) is 3.89. The number of carboxylic acids is 1. The summed E-state index contributed by atoms with van der Waals surface area (Å²) < 4.78 is 82.9. The molecule has 0 spiro atoms. The van der Waals surface area contributed by atoms with E-state index in [1.54, 1.807) is 4.90 Å². The summed E-state index contributed by atoms with van der Waals surface area (Å²) in [5.41, 5.74) is -1.48. The summed E-state index contributed by atoms with van der Waals surface area (Å²) in [4.78, 5) is 13.5. The topological polar surface area (TPSA) is 53.0 Å². The minimum Gasteiger partial charge on any atom is -0.492 e. The maximum atomic E-state index is 13.9. The standard InChI is InChI=1S/C21H22F4N2O3S.C2H4F2/c1-20(2,19(28)29)12-30-17-11-18-16(10-15(17)21(23,24)25)27(9-8-26(3)31-18)14-6-4-13(22)5-7-14;1-2(3)4/h4-7,10-11H,8-9,12H2,1-3H3,(H,28,29);2H,1H3. The molecule has 0 aliphatic carbocycles. The molecule has 0 fully saturated rings. The van der Waals surface area contributed by atoms with Crippen molar-refractivity contribution in [2.24, 2.45) is 5.41 Å². The minimum atomic E-state index is -4.71. The van der Waals surface area contributed by atoms with Crippen molar-refractivity contribution in [3.63, 3.8) is 0 Å². The van der Waals surface area contributed by atoms with Crippen LogP contribution in [0.3, 0.4) is 0 Å². The lowest BCUT2D eigenvalue weighted by Crippen LogP contribution is -2.31. The predicted octanol–water partition coefficient (Wildman–Crippen LogP) is 6.70. The molecular weight excluding hydrogens is 498 g/mol. The van der Waals surface area contributed by atoms with Crippen LogP contribution in [-0.2, 0) is 11.0 Å². The zero-order valence-corrected chi connectivity index (χ0v) is 20.3. The van der Waals surface area contributed by atoms with Gasteiger partial charge in [-0.05, 0) is 76.2 Å². The molecule has 0 aromatic heterocycles. The number of hydrogen-bond donors (Lipinski definition) is 1. The number of hydrogen-bond acceptors (Lipinski definition) is 5. The first-order valence-electron chi connectivity index (χ1n) is 10.4. The first kappa shape index (κ1) is 28.6. The lowest BCUT2D eigenvalue weighted by Gasteiger charge is -2.27. The van der Waals surface area contributed by atoms with Gasteiger partial charge in [0.05, 0.1) is 21.6 Å². The number of rotatable bonds is 5. The number of ether oxygens (including phenoxy) is 1. The van der Waals surface area contributed by atoms with Crippen LogP contribution in [0, 0.1) is 11.2 Å². The van der Waals surface area contributed by atoms with Crippen LogP contribution < -0.4 is 9.64 Å². The molecule has 0 saturated carbocycles. The molecular formula is C23H26F6N2O3S. The average molecular weight is 525 g/mol. The largest absolute Gasteiger partial charge is 0.492 e. The molecule has 12 heteroatoms. The fraction of sp³-hybridized carbons (Fsp3) is 0.435. The second-order valence-corrected chi connectivity index (χ2v) is 9.63. The molecule has 3 rings (SSSR count). The zero-order valence-electron chi connectivity index (χ0n) is 19.5. The normalized spacial score (nSPS) is 14.7. The number of halogens is 6. The van der Waals surface area contributed by atoms with Crippen LogP contribution >= 0.6 is 11.9 Å². The highest BCUT2D eigenvalue weighted by Crippen LogP contribution is 2.46. The third-order valence-electron chi connectivity index (χ3n) is 4.86. The monoisotopic (exact) mass is 524 g/mol. The first-order valence-corrected chi connectivity index (χ1v) is 11.2. The van der Waals surface area contributed by atoms with Gasteiger partial charge in [0.15, 0.2) is 0 Å². The maximum Gasteiger partial charge on any atom is 0.420 e. The summed E-state index contributed by atoms with van der Waals surface area (Å²) in [6, 6.07) is 7.84. The van der Waals surface area contributed by atoms with E-state index in [0.29, 0.717) is 29.4 Å². The molecule has 5 nitrogen and oxygen atoms in total. The SMILES string of the molecule is CC(F)F.CN1CCN(c2ccc(F)cc2)c2cc(C(F)(F)F)c(OCC(C)(C)C(=O)O)cc2S1. The summed E-state index contributed by atoms with van der Waals surface area (Å²) >= 11 is 1.26. The Kier molecular flexibility index (Phi) is 9.35. The molecule has 35 heavy (non-hydrogen) atoms. The molecule has 1 N–H and O–H groups in total. The van der Waals surface area contributed by atoms with Gasteiger partial charge < -0.3 is 14.7 Å². The molecule has 2 aromatic carbocycles. The summed E-state index contributed by atoms with van der Waals surface area (Å²) in [5.74, 6) is -2.04. The molecule has 0 radical (unpaired) electrons. The van der Waals surface area contributed by atoms with Crippen LogP contribution in [0.4, 0.5) is 37.7 Å². The van der Waals surface area contributed by atoms with Crippen molar-refractivity contribution in [2.45, 2.75) is 38.3 Å². The van der Waals surface area contributed by atoms with Crippen molar-refractivity contribution in [1.29, 1.82) is 0 Å². The number of benzene rings is 2. The summed E-state index contributed by atoms with van der Waals surface area (Å²) in [6.45, 7) is 4.11. The van der Waals surface area contributed by atoms with Crippen LogP contribution in [-0.4, -0.2) is 48.6 Å². The van der Waals surface area contributed by atoms with Gasteiger partial charge >= 0.3 is 12.1 Å². The molecule has 2 aromatic rings. The molecule has 0 unspecified atom stereocenters. The Hall–Kier alpha value is -2.60. The summed E-state index contributed by atoms with van der Waals surface area (Å²) in [5, 5.41) is 9.25. The molecule has 0 saturated heterocycles. The van der Waals surface area contributed by atoms with Crippen molar-refractivity contribution in [3.8, 4) is 5.75 Å². The van der Waals surface area contributed by atoms with Gasteiger partial charge in [-0.15, -0.1) is 0 Å². The van der Waals surface area contributed by atoms with E-state index in [9.17, 15) is 36.2 Å². The van der Waals surface area contributed by atoms with Gasteiger partial charge in [0, 0.05) is 18.8 Å². The van der Waals surface area contributed by atoms with E-state index >= 15 is 0 Å². The Morgan fingerprint density at radius 3 is 2.23 bits per heavy atom. The highest BCUT2D eigenvalue weighted by molar-refractivity contribution is 7.97. The Labute approximate surface area is 203 Å². The van der Waals surface area contributed by atoms with Gasteiger partial charge in [0.2, 0.25) is 6.43 Å². The Bertz CT molecular complexity index is 1010. The number of alkyl halides is 5. The van der Waals surface area contributed by atoms with Crippen molar-refractivity contribution < 1.29 is 41.0 Å². The van der Waals surface area contributed by atoms with Crippen molar-refractivity contribution in [2.75, 3.05) is 31.6 Å². The molecule has 194 valence electrons. The second kappa shape index (κ2) is 11.4. The highest BCUT2D eigenvalue weighted by atomic mass is 32.2. The minimum absolute atomic E-state index is 0.318. The zero-order chi connectivity index (χ0) is 26.6. The lowest BCUT2D eigenvalue weighted by atomic mass is 9.95. The number of anilines is 2. The van der Waals surface area contributed by atoms with E-state index in [1.807, 2.05) is 11.4 Å². The van der Waals surface area contributed by atoms with Gasteiger partial charge in [0.25, 0.3) is 0 Å². The van der Waals surface area contributed by atoms with E-state index in [4.69, 9.17) is 4.74 Å². The van der Waals surface area contributed by atoms with Crippen molar-refractivity contribution in [1.82, 2.24) is 4.31 Å². The van der Waals surface area contributed by atoms with Gasteiger partial charge in [0.1, 0.15) is 18.2 Å². The number of carboxylic acid groups (broad SMARTS) is 1. The van der Waals surface area contributed by atoms with Gasteiger partial charge in [-0.1, -0.05) is 0 Å². The third kappa shape index (κ3) is 7.96. The van der Waals surface area contributed by atoms with E-state index in [-0.39, 0.29) is 0 Å². The Morgan fingerprint density at radius 2 is 1.71 bits per heavy atom. The number of nitrogens with zero attached hydrogens (tertiary/aromatic N) is 2. The number of likely N-dealkylation sites (N-methyl/N-ethyl adjacent to an activating group) is 1. The smallest absolute Gasteiger partial charge is 0.420 e. The summed E-state index contributed by atoms with van der Waals surface area (Å²) in [6.07, 6.45) is -6.88. The van der Waals surface area contributed by atoms with Gasteiger partial charge in [-0.2, -0.15) is 13.2 Å². The lowest BCUT2D eigenvalue weighted by molar-refractivity contribution is -0.148.